The molecule has 0 aromatic heterocycles. The van der Waals surface area contributed by atoms with E-state index >= 15 is 9.59 Å². The van der Waals surface area contributed by atoms with Gasteiger partial charge in [0.2, 0.25) is 41.7 Å². The average molecular weight is 1230 g/mol. The highest BCUT2D eigenvalue weighted by atomic mass is 16.8. The molecule has 18 N–H and O–H groups in total. The second-order valence-electron chi connectivity index (χ2n) is 23.2. The van der Waals surface area contributed by atoms with Crippen LogP contribution in [0.15, 0.2) is 64.6 Å². The van der Waals surface area contributed by atoms with Crippen molar-refractivity contribution in [1.82, 2.24) is 42.1 Å². The third-order valence-electron chi connectivity index (χ3n) is 16.2. The molecule has 6 amide bonds. The summed E-state index contributed by atoms with van der Waals surface area (Å²) in [5, 5.41) is 94.7. The molecule has 20 atom stereocenters. The summed E-state index contributed by atoms with van der Waals surface area (Å²) in [5.74, 6) is -10.0. The first kappa shape index (κ1) is 64.6. The normalized spacial score (nSPS) is 35.9. The molecule has 20 unspecified atom stereocenters. The average Bonchev–Trinajstić information content (AvgIpc) is 1.77. The van der Waals surface area contributed by atoms with Crippen LogP contribution in [0, 0.1) is 0 Å². The minimum atomic E-state index is -2.19. The summed E-state index contributed by atoms with van der Waals surface area (Å²) in [7, 11) is 0. The molecule has 0 spiro atoms. The van der Waals surface area contributed by atoms with E-state index in [1.54, 1.807) is 77.1 Å². The van der Waals surface area contributed by atoms with Gasteiger partial charge in [0.1, 0.15) is 90.9 Å². The van der Waals surface area contributed by atoms with E-state index < -0.39 is 195 Å². The molecule has 32 nitrogen and oxygen atoms in total. The predicted octanol–water partition coefficient (Wildman–Crippen LogP) is -7.45. The van der Waals surface area contributed by atoms with E-state index in [1.807, 2.05) is 0 Å². The fourth-order valence-electron chi connectivity index (χ4n) is 11.8. The number of nitrogens with two attached hydrogens (primary N) is 2. The Morgan fingerprint density at radius 1 is 0.667 bits per heavy atom. The van der Waals surface area contributed by atoms with E-state index in [0.717, 1.165) is 0 Å². The molecule has 2 aromatic carbocycles. The highest BCUT2D eigenvalue weighted by Crippen LogP contribution is 2.41. The molecule has 2 aromatic rings. The number of hydrogen-bond acceptors (Lipinski definition) is 26. The number of guanidine groups is 2. The van der Waals surface area contributed by atoms with Gasteiger partial charge in [-0.1, -0.05) is 49.4 Å². The fraction of sp³-hybridized carbons (Fsp3) is 0.636. The second kappa shape index (κ2) is 26.8. The van der Waals surface area contributed by atoms with Crippen molar-refractivity contribution in [1.29, 1.82) is 0 Å². The van der Waals surface area contributed by atoms with E-state index in [4.69, 9.17) is 44.6 Å². The van der Waals surface area contributed by atoms with Crippen LogP contribution >= 0.6 is 0 Å². The number of rotatable bonds is 15. The summed E-state index contributed by atoms with van der Waals surface area (Å²) < 4.78 is 42.1. The summed E-state index contributed by atoms with van der Waals surface area (Å²) >= 11 is 0. The first-order valence-electron chi connectivity index (χ1n) is 28.7. The molecule has 0 radical (unpaired) electrons. The third-order valence-corrected chi connectivity index (χ3v) is 16.2. The lowest BCUT2D eigenvalue weighted by Gasteiger charge is -2.43. The number of nitrogens with one attached hydrogen (secondary N) is 7. The van der Waals surface area contributed by atoms with Crippen LogP contribution in [-0.4, -0.2) is 255 Å². The molecular formula is C55H78N12O20. The monoisotopic (exact) mass is 1230 g/mol. The Balaban J connectivity index is 1.04. The van der Waals surface area contributed by atoms with Gasteiger partial charge in [-0.15, -0.1) is 0 Å². The number of ether oxygens (including phenoxy) is 7. The lowest BCUT2D eigenvalue weighted by atomic mass is 9.88. The number of fused-ring (bicyclic) bond motifs is 2. The van der Waals surface area contributed by atoms with Gasteiger partial charge in [0.25, 0.3) is 0 Å². The number of carbonyl (C=O) groups excluding carboxylic acids is 6. The maximum absolute atomic E-state index is 15.2. The van der Waals surface area contributed by atoms with Gasteiger partial charge in [-0.25, -0.2) is 4.99 Å². The first-order valence-corrected chi connectivity index (χ1v) is 28.7. The third kappa shape index (κ3) is 14.3. The van der Waals surface area contributed by atoms with Crippen LogP contribution in [0.25, 0.3) is 0 Å². The summed E-state index contributed by atoms with van der Waals surface area (Å²) in [5.41, 5.74) is 13.4. The van der Waals surface area contributed by atoms with E-state index in [1.165, 1.54) is 17.0 Å². The Hall–Kier alpha value is -6.92. The Morgan fingerprint density at radius 2 is 1.24 bits per heavy atom. The smallest absolute Gasteiger partial charge is 0.246 e. The standard InChI is InChI=1S/C55H78N12O20/c1-6-26(24-10-8-7-9-11-24)34-47(78)60-27(16-23-12-14-25(15-13-23)81-51-44-42(85-55(4,5)87-44)40(75)32(22-70)83-51)46(77)65-35(37(72)28-17-59-52(56)62-28)49(80)66-36(48(79)61-30(20-68)45(76)58-18-33(71)64-34)38(73)29-19-67(53(57)63-29)50-43-41(84-54(2,3)86-43)39(74)31(21-69)82-50/h7-15,26-32,34-44,50-51,68-70,72-75H,6,16-22H2,1-5H3,(H2,57,63)(H,58,76)(H,60,78)(H,61,79)(H,64,71)(H,65,77)(H,66,80)(H3,56,59,62). The van der Waals surface area contributed by atoms with E-state index in [-0.39, 0.29) is 43.6 Å². The van der Waals surface area contributed by atoms with Crippen molar-refractivity contribution in [2.75, 3.05) is 39.5 Å². The van der Waals surface area contributed by atoms with E-state index in [0.29, 0.717) is 11.1 Å². The maximum Gasteiger partial charge on any atom is 0.246 e. The zero-order chi connectivity index (χ0) is 62.8. The molecule has 9 rings (SSSR count). The van der Waals surface area contributed by atoms with Crippen molar-refractivity contribution in [2.45, 2.75) is 181 Å². The lowest BCUT2D eigenvalue weighted by molar-refractivity contribution is -0.252. The van der Waals surface area contributed by atoms with Crippen LogP contribution in [0.3, 0.4) is 0 Å². The highest BCUT2D eigenvalue weighted by Gasteiger charge is 2.59. The minimum absolute atomic E-state index is 0.136. The molecule has 5 saturated heterocycles. The van der Waals surface area contributed by atoms with Gasteiger partial charge in [0, 0.05) is 18.9 Å². The quantitative estimate of drug-likeness (QED) is 0.0788. The number of benzene rings is 2. The Kier molecular flexibility index (Phi) is 19.9. The Morgan fingerprint density at radius 3 is 1.86 bits per heavy atom. The number of aliphatic hydroxyl groups excluding tert-OH is 7. The fourth-order valence-corrected chi connectivity index (χ4v) is 11.8. The van der Waals surface area contributed by atoms with Crippen molar-refractivity contribution in [3.63, 3.8) is 0 Å². The van der Waals surface area contributed by atoms with Crippen molar-refractivity contribution in [3.8, 4) is 5.75 Å². The van der Waals surface area contributed by atoms with Crippen LogP contribution in [0.5, 0.6) is 5.75 Å². The summed E-state index contributed by atoms with van der Waals surface area (Å²) in [4.78, 5) is 97.4. The van der Waals surface area contributed by atoms with E-state index in [2.05, 4.69) is 47.2 Å². The molecule has 7 heterocycles. The van der Waals surface area contributed by atoms with Crippen LogP contribution in [-0.2, 0) is 63.6 Å². The highest BCUT2D eigenvalue weighted by molar-refractivity contribution is 5.98. The first-order chi connectivity index (χ1) is 41.3. The molecule has 87 heavy (non-hydrogen) atoms. The van der Waals surface area contributed by atoms with Crippen molar-refractivity contribution in [3.05, 3.63) is 65.7 Å². The van der Waals surface area contributed by atoms with Gasteiger partial charge in [0.15, 0.2) is 35.8 Å². The zero-order valence-corrected chi connectivity index (χ0v) is 48.3. The second-order valence-corrected chi connectivity index (χ2v) is 23.2. The minimum Gasteiger partial charge on any atom is -0.462 e. The number of carbonyl (C=O) groups is 6. The lowest BCUT2D eigenvalue weighted by Crippen LogP contribution is -2.67. The Labute approximate surface area is 499 Å². The molecule has 7 aliphatic rings. The number of aliphatic imine (C=N–C) groups is 2. The summed E-state index contributed by atoms with van der Waals surface area (Å²) in [6.45, 7) is 4.49. The molecule has 0 bridgehead atoms. The SMILES string of the molecule is CCC(c1ccccc1)C1NC(=O)CNC(=O)C(CO)NC(=O)C(C(O)C2CN(C3OC(CO)C(O)C4OC(C)(C)OC43)C(N)=N2)NC(=O)C(C(O)C2CN=C(N)N2)NC(=O)C(Cc2ccc(OC3OC(CO)C(O)C4OC(C)(C)OC34)cc2)NC1=O. The van der Waals surface area contributed by atoms with Gasteiger partial charge < -0.3 is 122 Å². The van der Waals surface area contributed by atoms with Crippen molar-refractivity contribution >= 4 is 47.4 Å². The number of hydrogen-bond donors (Lipinski definition) is 16. The maximum atomic E-state index is 15.2. The van der Waals surface area contributed by atoms with Crippen molar-refractivity contribution < 1.29 is 97.7 Å². The summed E-state index contributed by atoms with van der Waals surface area (Å²) in [6, 6.07) is 2.86. The van der Waals surface area contributed by atoms with Gasteiger partial charge >= 0.3 is 0 Å². The number of amides is 6. The summed E-state index contributed by atoms with van der Waals surface area (Å²) in [6.07, 6.45) is -15.4. The molecule has 32 heteroatoms. The molecule has 5 fully saturated rings. The molecule has 478 valence electrons. The Bertz CT molecular complexity index is 2870. The topological polar surface area (TPSA) is 473 Å². The zero-order valence-electron chi connectivity index (χ0n) is 48.3. The molecule has 0 aliphatic carbocycles. The van der Waals surface area contributed by atoms with Crippen LogP contribution in [0.1, 0.15) is 58.1 Å². The molecule has 0 saturated carbocycles. The van der Waals surface area contributed by atoms with Gasteiger partial charge in [-0.05, 0) is 57.4 Å². The van der Waals surface area contributed by atoms with Crippen LogP contribution in [0.4, 0.5) is 0 Å². The van der Waals surface area contributed by atoms with Gasteiger partial charge in [0.05, 0.1) is 45.0 Å². The molecule has 7 aliphatic heterocycles. The number of aliphatic hydroxyl groups is 7. The predicted molar refractivity (Wildman–Crippen MR) is 299 cm³/mol. The van der Waals surface area contributed by atoms with Crippen LogP contribution in [0.2, 0.25) is 0 Å². The van der Waals surface area contributed by atoms with Gasteiger partial charge in [-0.2, -0.15) is 0 Å². The van der Waals surface area contributed by atoms with E-state index in [9.17, 15) is 54.9 Å². The number of nitrogens with zero attached hydrogens (tertiary/aromatic N) is 3. The largest absolute Gasteiger partial charge is 0.462 e. The molecular weight excluding hydrogens is 1150 g/mol. The van der Waals surface area contributed by atoms with Crippen molar-refractivity contribution in [2.24, 2.45) is 21.5 Å². The van der Waals surface area contributed by atoms with Crippen LogP contribution < -0.4 is 53.4 Å². The van der Waals surface area contributed by atoms with Gasteiger partial charge in [-0.3, -0.25) is 33.8 Å².